The average molecular weight is 363 g/mol. The molecule has 0 atom stereocenters. The summed E-state index contributed by atoms with van der Waals surface area (Å²) in [5.41, 5.74) is 7.18. The Hall–Kier alpha value is -2.95. The highest BCUT2D eigenvalue weighted by atomic mass is 16.2. The van der Waals surface area contributed by atoms with Gasteiger partial charge in [0.05, 0.1) is 5.71 Å². The van der Waals surface area contributed by atoms with E-state index in [9.17, 15) is 9.59 Å². The molecule has 0 spiro atoms. The van der Waals surface area contributed by atoms with Crippen LogP contribution in [0.3, 0.4) is 0 Å². The number of rotatable bonds is 6. The summed E-state index contributed by atoms with van der Waals surface area (Å²) in [5.74, 6) is -0.258. The van der Waals surface area contributed by atoms with Gasteiger partial charge in [-0.15, -0.1) is 0 Å². The van der Waals surface area contributed by atoms with Gasteiger partial charge < -0.3 is 5.32 Å². The number of hydrogen-bond acceptors (Lipinski definition) is 3. The molecule has 0 saturated carbocycles. The van der Waals surface area contributed by atoms with E-state index in [0.717, 1.165) is 43.4 Å². The third-order valence-corrected chi connectivity index (χ3v) is 4.67. The van der Waals surface area contributed by atoms with Gasteiger partial charge in [-0.1, -0.05) is 37.6 Å². The number of carbonyl (C=O) groups excluding carboxylic acids is 2. The van der Waals surface area contributed by atoms with Crippen LogP contribution in [0.2, 0.25) is 0 Å². The molecular weight excluding hydrogens is 338 g/mol. The van der Waals surface area contributed by atoms with Gasteiger partial charge in [0, 0.05) is 23.2 Å². The first-order valence-corrected chi connectivity index (χ1v) is 9.52. The summed E-state index contributed by atoms with van der Waals surface area (Å²) in [6.07, 6.45) is 5.32. The van der Waals surface area contributed by atoms with Gasteiger partial charge in [0.2, 0.25) is 5.91 Å². The molecule has 0 saturated heterocycles. The van der Waals surface area contributed by atoms with Crippen molar-refractivity contribution in [3.8, 4) is 0 Å². The summed E-state index contributed by atoms with van der Waals surface area (Å²) in [6, 6.07) is 15.1. The Morgan fingerprint density at radius 3 is 2.59 bits per heavy atom. The van der Waals surface area contributed by atoms with Crippen LogP contribution in [0.15, 0.2) is 53.6 Å². The normalized spacial score (nSPS) is 14.5. The Balaban J connectivity index is 1.61. The van der Waals surface area contributed by atoms with Crippen LogP contribution < -0.4 is 10.7 Å². The predicted molar refractivity (Wildman–Crippen MR) is 108 cm³/mol. The minimum absolute atomic E-state index is 0.00332. The molecule has 0 bridgehead atoms. The Kier molecular flexibility index (Phi) is 6.36. The van der Waals surface area contributed by atoms with Crippen molar-refractivity contribution in [2.75, 3.05) is 5.32 Å². The second-order valence-electron chi connectivity index (χ2n) is 6.74. The first-order valence-electron chi connectivity index (χ1n) is 9.52. The summed E-state index contributed by atoms with van der Waals surface area (Å²) in [6.45, 7) is 2.05. The van der Waals surface area contributed by atoms with Gasteiger partial charge in [0.15, 0.2) is 0 Å². The van der Waals surface area contributed by atoms with Crippen molar-refractivity contribution in [1.82, 2.24) is 5.43 Å². The van der Waals surface area contributed by atoms with E-state index >= 15 is 0 Å². The van der Waals surface area contributed by atoms with Crippen LogP contribution in [0.25, 0.3) is 0 Å². The van der Waals surface area contributed by atoms with Gasteiger partial charge in [-0.2, -0.15) is 5.10 Å². The smallest absolute Gasteiger partial charge is 0.271 e. The summed E-state index contributed by atoms with van der Waals surface area (Å²) < 4.78 is 0. The van der Waals surface area contributed by atoms with Crippen molar-refractivity contribution in [3.05, 3.63) is 65.2 Å². The monoisotopic (exact) mass is 363 g/mol. The summed E-state index contributed by atoms with van der Waals surface area (Å²) in [5, 5.41) is 7.19. The fourth-order valence-electron chi connectivity index (χ4n) is 3.17. The van der Waals surface area contributed by atoms with E-state index in [2.05, 4.69) is 34.9 Å². The molecule has 0 aromatic heterocycles. The first kappa shape index (κ1) is 18.8. The number of anilines is 1. The average Bonchev–Trinajstić information content (AvgIpc) is 2.71. The maximum absolute atomic E-state index is 12.4. The lowest BCUT2D eigenvalue weighted by atomic mass is 9.90. The van der Waals surface area contributed by atoms with E-state index in [1.165, 1.54) is 5.56 Å². The van der Waals surface area contributed by atoms with Gasteiger partial charge >= 0.3 is 0 Å². The van der Waals surface area contributed by atoms with Crippen LogP contribution in [-0.4, -0.2) is 17.5 Å². The zero-order valence-electron chi connectivity index (χ0n) is 15.6. The second-order valence-corrected chi connectivity index (χ2v) is 6.74. The molecule has 2 aromatic carbocycles. The van der Waals surface area contributed by atoms with Crippen LogP contribution in [0.1, 0.15) is 60.5 Å². The summed E-state index contributed by atoms with van der Waals surface area (Å²) in [4.78, 5) is 24.1. The lowest BCUT2D eigenvalue weighted by Gasteiger charge is -2.17. The molecule has 5 heteroatoms. The number of amides is 2. The molecular formula is C22H25N3O2. The Morgan fingerprint density at radius 1 is 1.04 bits per heavy atom. The molecule has 2 aromatic rings. The van der Waals surface area contributed by atoms with Gasteiger partial charge in [-0.3, -0.25) is 9.59 Å². The van der Waals surface area contributed by atoms with Crippen LogP contribution in [0.4, 0.5) is 5.69 Å². The second kappa shape index (κ2) is 9.12. The van der Waals surface area contributed by atoms with E-state index < -0.39 is 0 Å². The number of hydrazone groups is 1. The Labute approximate surface area is 159 Å². The molecule has 27 heavy (non-hydrogen) atoms. The molecule has 1 aliphatic carbocycles. The summed E-state index contributed by atoms with van der Waals surface area (Å²) >= 11 is 0. The number of aryl methyl sites for hydroxylation is 1. The van der Waals surface area contributed by atoms with Crippen LogP contribution >= 0.6 is 0 Å². The van der Waals surface area contributed by atoms with Crippen LogP contribution in [0, 0.1) is 0 Å². The number of hydrogen-bond donors (Lipinski definition) is 2. The van der Waals surface area contributed by atoms with Crippen molar-refractivity contribution in [3.63, 3.8) is 0 Å². The molecule has 0 unspecified atom stereocenters. The first-order chi connectivity index (χ1) is 13.2. The molecule has 1 aliphatic rings. The molecule has 0 fully saturated rings. The largest absolute Gasteiger partial charge is 0.326 e. The number of benzene rings is 2. The topological polar surface area (TPSA) is 70.6 Å². The van der Waals surface area contributed by atoms with Gasteiger partial charge in [-0.25, -0.2) is 5.43 Å². The zero-order chi connectivity index (χ0) is 19.1. The van der Waals surface area contributed by atoms with Crippen LogP contribution in [-0.2, 0) is 11.2 Å². The fourth-order valence-corrected chi connectivity index (χ4v) is 3.17. The minimum atomic E-state index is -0.255. The van der Waals surface area contributed by atoms with E-state index in [-0.39, 0.29) is 11.8 Å². The highest BCUT2D eigenvalue weighted by Gasteiger charge is 2.15. The van der Waals surface area contributed by atoms with Crippen LogP contribution in [0.5, 0.6) is 0 Å². The van der Waals surface area contributed by atoms with E-state index in [0.29, 0.717) is 17.7 Å². The SMILES string of the molecule is CCCCC(=O)Nc1ccc(C(=O)NN=C2CCCc3ccccc32)cc1. The molecule has 0 heterocycles. The highest BCUT2D eigenvalue weighted by molar-refractivity contribution is 6.04. The van der Waals surface area contributed by atoms with Crippen molar-refractivity contribution in [1.29, 1.82) is 0 Å². The molecule has 3 rings (SSSR count). The Bertz CT molecular complexity index is 841. The Morgan fingerprint density at radius 2 is 1.81 bits per heavy atom. The zero-order valence-corrected chi connectivity index (χ0v) is 15.6. The predicted octanol–water partition coefficient (Wildman–Crippen LogP) is 4.29. The molecule has 2 amide bonds. The minimum Gasteiger partial charge on any atom is -0.326 e. The number of fused-ring (bicyclic) bond motifs is 1. The van der Waals surface area contributed by atoms with Crippen molar-refractivity contribution in [2.24, 2.45) is 5.10 Å². The maximum atomic E-state index is 12.4. The van der Waals surface area contributed by atoms with E-state index in [1.807, 2.05) is 12.1 Å². The molecule has 140 valence electrons. The fraction of sp³-hybridized carbons (Fsp3) is 0.318. The molecule has 5 nitrogen and oxygen atoms in total. The van der Waals surface area contributed by atoms with Crippen molar-refractivity contribution < 1.29 is 9.59 Å². The summed E-state index contributed by atoms with van der Waals surface area (Å²) in [7, 11) is 0. The maximum Gasteiger partial charge on any atom is 0.271 e. The molecule has 0 aliphatic heterocycles. The van der Waals surface area contributed by atoms with Gasteiger partial charge in [0.1, 0.15) is 0 Å². The number of carbonyl (C=O) groups is 2. The van der Waals surface area contributed by atoms with Crippen molar-refractivity contribution in [2.45, 2.75) is 45.4 Å². The number of unbranched alkanes of at least 4 members (excludes halogenated alkanes) is 1. The number of nitrogens with zero attached hydrogens (tertiary/aromatic N) is 1. The van der Waals surface area contributed by atoms with Crippen molar-refractivity contribution >= 4 is 23.2 Å². The standard InChI is InChI=1S/C22H25N3O2/c1-2-3-11-21(26)23-18-14-12-17(13-15-18)22(27)25-24-20-10-6-8-16-7-4-5-9-19(16)20/h4-5,7,9,12-15H,2-3,6,8,10-11H2,1H3,(H,23,26)(H,25,27). The molecule has 0 radical (unpaired) electrons. The van der Waals surface area contributed by atoms with Gasteiger partial charge in [-0.05, 0) is 55.5 Å². The third-order valence-electron chi connectivity index (χ3n) is 4.67. The third kappa shape index (κ3) is 5.03. The number of nitrogens with one attached hydrogen (secondary N) is 2. The van der Waals surface area contributed by atoms with E-state index in [1.54, 1.807) is 24.3 Å². The lowest BCUT2D eigenvalue weighted by molar-refractivity contribution is -0.116. The highest BCUT2D eigenvalue weighted by Crippen LogP contribution is 2.21. The quantitative estimate of drug-likeness (QED) is 0.752. The lowest BCUT2D eigenvalue weighted by Crippen LogP contribution is -2.22. The van der Waals surface area contributed by atoms with E-state index in [4.69, 9.17) is 0 Å². The van der Waals surface area contributed by atoms with Gasteiger partial charge in [0.25, 0.3) is 5.91 Å². The molecule has 2 N–H and O–H groups in total.